The van der Waals surface area contributed by atoms with Crippen molar-refractivity contribution in [3.8, 4) is 5.75 Å². The molecular formula is C29H39ClF3N5O5. The molecule has 0 spiro atoms. The second-order valence-electron chi connectivity index (χ2n) is 9.56. The fraction of sp³-hybridized carbons (Fsp3) is 0.414. The molecule has 14 heteroatoms. The summed E-state index contributed by atoms with van der Waals surface area (Å²) in [5.41, 5.74) is 8.37. The third-order valence-corrected chi connectivity index (χ3v) is 6.42. The lowest BCUT2D eigenvalue weighted by Gasteiger charge is -2.34. The maximum atomic E-state index is 12.0. The van der Waals surface area contributed by atoms with Crippen molar-refractivity contribution in [3.05, 3.63) is 70.4 Å². The molecule has 1 amide bonds. The predicted molar refractivity (Wildman–Crippen MR) is 161 cm³/mol. The minimum atomic E-state index is -4.22. The van der Waals surface area contributed by atoms with Crippen LogP contribution in [0.3, 0.4) is 0 Å². The van der Waals surface area contributed by atoms with Gasteiger partial charge in [0.05, 0.1) is 30.9 Å². The molecule has 0 bridgehead atoms. The van der Waals surface area contributed by atoms with Gasteiger partial charge in [-0.25, -0.2) is 0 Å². The average molecular weight is 630 g/mol. The Kier molecular flexibility index (Phi) is 15.7. The summed E-state index contributed by atoms with van der Waals surface area (Å²) < 4.78 is 41.1. The number of amidine groups is 1. The normalized spacial score (nSPS) is 18.4. The molecule has 0 radical (unpaired) electrons. The highest BCUT2D eigenvalue weighted by atomic mass is 35.5. The molecule has 0 saturated heterocycles. The number of aliphatic hydroxyl groups is 2. The van der Waals surface area contributed by atoms with Crippen LogP contribution >= 0.6 is 11.6 Å². The van der Waals surface area contributed by atoms with E-state index in [4.69, 9.17) is 37.7 Å². The van der Waals surface area contributed by atoms with Crippen LogP contribution in [0.2, 0.25) is 5.02 Å². The van der Waals surface area contributed by atoms with Gasteiger partial charge in [-0.1, -0.05) is 17.7 Å². The molecule has 0 aliphatic heterocycles. The van der Waals surface area contributed by atoms with Crippen LogP contribution in [0.5, 0.6) is 5.75 Å². The zero-order chi connectivity index (χ0) is 32.6. The van der Waals surface area contributed by atoms with Gasteiger partial charge in [-0.15, -0.1) is 0 Å². The maximum absolute atomic E-state index is 12.0. The number of aromatic hydroxyl groups is 1. The minimum absolute atomic E-state index is 0.00532. The van der Waals surface area contributed by atoms with Gasteiger partial charge >= 0.3 is 6.18 Å². The van der Waals surface area contributed by atoms with Gasteiger partial charge in [0.25, 0.3) is 0 Å². The number of allylic oxidation sites excluding steroid dienone is 1. The SMILES string of the molecule is CN(CCC(F)(F)F)C(=N)c1ccc(O)cc1.CO.COCC1(O)CC/C(=C(/N)CNC=O)C(=Nc2cccc(Cl)c2)C1. The largest absolute Gasteiger partial charge is 0.508 e. The van der Waals surface area contributed by atoms with E-state index >= 15 is 0 Å². The first-order valence-electron chi connectivity index (χ1n) is 13.1. The zero-order valence-corrected chi connectivity index (χ0v) is 25.0. The molecule has 238 valence electrons. The Balaban J connectivity index is 0.000000429. The Bertz CT molecular complexity index is 1240. The van der Waals surface area contributed by atoms with Crippen LogP contribution in [-0.2, 0) is 9.53 Å². The van der Waals surface area contributed by atoms with E-state index < -0.39 is 18.2 Å². The fourth-order valence-electron chi connectivity index (χ4n) is 4.06. The third-order valence-electron chi connectivity index (χ3n) is 6.19. The molecular weight excluding hydrogens is 591 g/mol. The Morgan fingerprint density at radius 3 is 2.47 bits per heavy atom. The highest BCUT2D eigenvalue weighted by molar-refractivity contribution is 6.30. The number of amides is 1. The van der Waals surface area contributed by atoms with Crippen LogP contribution < -0.4 is 11.1 Å². The standard InChI is InChI=1S/C17H22ClN3O3.C11H13F3N2O.CH4O/c1-24-10-17(23)6-5-14(15(19)9-20-11-22)16(8-17)21-13-4-2-3-12(18)7-13;1-16(7-6-11(12,13)14)10(15)8-2-4-9(17)5-3-8;1-2/h2-4,7,11,23H,5-6,8-10,19H2,1H3,(H,20,22);2-5,15,17H,6-7H2,1H3;2H,1H3/b15-14-,21-16?;;. The van der Waals surface area contributed by atoms with Crippen LogP contribution in [-0.4, -0.2) is 90.9 Å². The summed E-state index contributed by atoms with van der Waals surface area (Å²) in [6.45, 7) is 0.209. The van der Waals surface area contributed by atoms with Crippen molar-refractivity contribution >= 4 is 35.2 Å². The van der Waals surface area contributed by atoms with E-state index in [0.29, 0.717) is 53.4 Å². The van der Waals surface area contributed by atoms with Crippen molar-refractivity contribution in [3.63, 3.8) is 0 Å². The van der Waals surface area contributed by atoms with E-state index in [1.54, 1.807) is 19.2 Å². The second-order valence-corrected chi connectivity index (χ2v) is 9.99. The number of phenols is 1. The monoisotopic (exact) mass is 629 g/mol. The zero-order valence-electron chi connectivity index (χ0n) is 24.3. The number of carbonyl (C=O) groups is 1. The van der Waals surface area contributed by atoms with Gasteiger partial charge in [0, 0.05) is 56.2 Å². The molecule has 43 heavy (non-hydrogen) atoms. The molecule has 2 aromatic carbocycles. The number of halogens is 4. The molecule has 10 nitrogen and oxygen atoms in total. The number of nitrogens with two attached hydrogens (primary N) is 1. The van der Waals surface area contributed by atoms with Crippen LogP contribution in [0.15, 0.2) is 64.8 Å². The number of aliphatic imine (C=N–C) groups is 1. The Labute approximate surface area is 254 Å². The molecule has 1 saturated carbocycles. The predicted octanol–water partition coefficient (Wildman–Crippen LogP) is 4.14. The topological polar surface area (TPSA) is 164 Å². The first kappa shape index (κ1) is 37.4. The van der Waals surface area contributed by atoms with E-state index in [9.17, 15) is 23.1 Å². The minimum Gasteiger partial charge on any atom is -0.508 e. The van der Waals surface area contributed by atoms with Gasteiger partial charge in [-0.3, -0.25) is 15.2 Å². The number of phenolic OH excluding ortho intramolecular Hbond substituents is 1. The van der Waals surface area contributed by atoms with E-state index in [1.807, 2.05) is 12.1 Å². The lowest BCUT2D eigenvalue weighted by molar-refractivity contribution is -0.135. The number of methoxy groups -OCH3 is 1. The summed E-state index contributed by atoms with van der Waals surface area (Å²) in [4.78, 5) is 16.4. The number of nitrogens with zero attached hydrogens (tertiary/aromatic N) is 2. The number of hydrogen-bond donors (Lipinski definition) is 6. The van der Waals surface area contributed by atoms with Crippen molar-refractivity contribution in [2.24, 2.45) is 10.7 Å². The Morgan fingerprint density at radius 1 is 1.26 bits per heavy atom. The average Bonchev–Trinajstić information content (AvgIpc) is 2.96. The maximum Gasteiger partial charge on any atom is 0.390 e. The van der Waals surface area contributed by atoms with E-state index in [1.165, 1.54) is 36.2 Å². The highest BCUT2D eigenvalue weighted by Gasteiger charge is 2.35. The number of benzene rings is 2. The third kappa shape index (κ3) is 13.5. The van der Waals surface area contributed by atoms with Gasteiger partial charge in [-0.2, -0.15) is 13.2 Å². The summed E-state index contributed by atoms with van der Waals surface area (Å²) in [6.07, 6.45) is -3.17. The molecule has 1 unspecified atom stereocenters. The van der Waals surface area contributed by atoms with E-state index in [2.05, 4.69) is 10.3 Å². The number of aliphatic hydroxyl groups excluding tert-OH is 1. The fourth-order valence-corrected chi connectivity index (χ4v) is 4.24. The number of carbonyl (C=O) groups excluding carboxylic acids is 1. The number of alkyl halides is 3. The highest BCUT2D eigenvalue weighted by Crippen LogP contribution is 2.33. The summed E-state index contributed by atoms with van der Waals surface area (Å²) >= 11 is 6.01. The Hall–Kier alpha value is -3.65. The van der Waals surface area contributed by atoms with Gasteiger partial charge in [0.15, 0.2) is 0 Å². The molecule has 1 atom stereocenters. The number of nitrogens with one attached hydrogen (secondary N) is 2. The first-order valence-corrected chi connectivity index (χ1v) is 13.4. The molecule has 3 rings (SSSR count). The molecule has 2 aromatic rings. The van der Waals surface area contributed by atoms with Crippen LogP contribution in [0, 0.1) is 5.41 Å². The van der Waals surface area contributed by atoms with Gasteiger partial charge in [0.2, 0.25) is 6.41 Å². The van der Waals surface area contributed by atoms with E-state index in [0.717, 1.165) is 12.7 Å². The smallest absolute Gasteiger partial charge is 0.390 e. The van der Waals surface area contributed by atoms with Crippen molar-refractivity contribution in [1.29, 1.82) is 5.41 Å². The number of rotatable bonds is 9. The summed E-state index contributed by atoms with van der Waals surface area (Å²) in [7, 11) is 3.99. The van der Waals surface area contributed by atoms with E-state index in [-0.39, 0.29) is 31.3 Å². The van der Waals surface area contributed by atoms with Crippen LogP contribution in [0.25, 0.3) is 0 Å². The summed E-state index contributed by atoms with van der Waals surface area (Å²) in [6, 6.07) is 12.9. The molecule has 0 aromatic heterocycles. The van der Waals surface area contributed by atoms with Gasteiger partial charge < -0.3 is 36.0 Å². The number of ether oxygens (including phenoxy) is 1. The van der Waals surface area contributed by atoms with Crippen molar-refractivity contribution < 1.29 is 38.0 Å². The molecule has 1 aliphatic rings. The molecule has 1 aliphatic carbocycles. The van der Waals surface area contributed by atoms with Crippen LogP contribution in [0.1, 0.15) is 31.2 Å². The first-order chi connectivity index (χ1) is 20.3. The van der Waals surface area contributed by atoms with Crippen molar-refractivity contribution in [2.45, 2.75) is 37.5 Å². The summed E-state index contributed by atoms with van der Waals surface area (Å²) in [5.74, 6) is 0.0498. The molecule has 0 heterocycles. The number of hydrogen-bond acceptors (Lipinski definition) is 8. The van der Waals surface area contributed by atoms with Gasteiger partial charge in [-0.05, 0) is 60.9 Å². The lowest BCUT2D eigenvalue weighted by atomic mass is 9.80. The molecule has 1 fully saturated rings. The summed E-state index contributed by atoms with van der Waals surface area (Å²) in [5, 5.41) is 37.6. The lowest BCUT2D eigenvalue weighted by Crippen LogP contribution is -2.41. The van der Waals surface area contributed by atoms with Crippen molar-refractivity contribution in [2.75, 3.05) is 41.0 Å². The molecule has 7 N–H and O–H groups in total. The van der Waals surface area contributed by atoms with Crippen molar-refractivity contribution in [1.82, 2.24) is 10.2 Å². The van der Waals surface area contributed by atoms with Gasteiger partial charge in [0.1, 0.15) is 11.6 Å². The second kappa shape index (κ2) is 18.1. The Morgan fingerprint density at radius 2 is 1.91 bits per heavy atom. The van der Waals surface area contributed by atoms with Crippen LogP contribution in [0.4, 0.5) is 18.9 Å². The quantitative estimate of drug-likeness (QED) is 0.138.